The molecular weight excluding hydrogens is 373 g/mol. The number of hydrogen-bond acceptors (Lipinski definition) is 4. The van der Waals surface area contributed by atoms with Crippen molar-refractivity contribution in [1.29, 1.82) is 0 Å². The van der Waals surface area contributed by atoms with Crippen LogP contribution in [0.1, 0.15) is 28.8 Å². The van der Waals surface area contributed by atoms with E-state index in [9.17, 15) is 9.18 Å². The molecule has 1 fully saturated rings. The zero-order chi connectivity index (χ0) is 20.1. The van der Waals surface area contributed by atoms with Crippen molar-refractivity contribution in [3.63, 3.8) is 0 Å². The van der Waals surface area contributed by atoms with Crippen LogP contribution in [0.4, 0.5) is 10.2 Å². The summed E-state index contributed by atoms with van der Waals surface area (Å²) in [5, 5.41) is 7.08. The molecule has 2 aromatic carbocycles. The summed E-state index contributed by atoms with van der Waals surface area (Å²) in [5.41, 5.74) is 1.30. The van der Waals surface area contributed by atoms with E-state index in [4.69, 9.17) is 9.47 Å². The Morgan fingerprint density at radius 2 is 2.10 bits per heavy atom. The third-order valence-corrected chi connectivity index (χ3v) is 4.69. The lowest BCUT2D eigenvalue weighted by atomic mass is 10.2. The van der Waals surface area contributed by atoms with Crippen molar-refractivity contribution < 1.29 is 18.7 Å². The van der Waals surface area contributed by atoms with Crippen LogP contribution in [0, 0.1) is 5.82 Å². The van der Waals surface area contributed by atoms with Crippen LogP contribution in [0.15, 0.2) is 60.8 Å². The lowest BCUT2D eigenvalue weighted by Gasteiger charge is -2.11. The van der Waals surface area contributed by atoms with Gasteiger partial charge in [-0.3, -0.25) is 9.48 Å². The highest BCUT2D eigenvalue weighted by Gasteiger charge is 2.16. The van der Waals surface area contributed by atoms with Crippen LogP contribution in [0.25, 0.3) is 0 Å². The molecule has 3 aromatic rings. The number of benzene rings is 2. The number of amides is 1. The number of carbonyl (C=O) groups is 1. The molecule has 0 aliphatic carbocycles. The van der Waals surface area contributed by atoms with Crippen LogP contribution < -0.4 is 10.1 Å². The van der Waals surface area contributed by atoms with Crippen LogP contribution >= 0.6 is 0 Å². The molecule has 29 heavy (non-hydrogen) atoms. The fourth-order valence-corrected chi connectivity index (χ4v) is 3.19. The van der Waals surface area contributed by atoms with E-state index >= 15 is 0 Å². The van der Waals surface area contributed by atoms with Crippen molar-refractivity contribution in [2.45, 2.75) is 25.5 Å². The van der Waals surface area contributed by atoms with Gasteiger partial charge in [-0.25, -0.2) is 4.39 Å². The van der Waals surface area contributed by atoms with E-state index in [2.05, 4.69) is 10.4 Å². The smallest absolute Gasteiger partial charge is 0.256 e. The molecule has 150 valence electrons. The topological polar surface area (TPSA) is 65.4 Å². The molecule has 1 aromatic heterocycles. The minimum Gasteiger partial charge on any atom is -0.491 e. The van der Waals surface area contributed by atoms with E-state index in [1.807, 2.05) is 6.07 Å². The van der Waals surface area contributed by atoms with Gasteiger partial charge in [0, 0.05) is 24.4 Å². The van der Waals surface area contributed by atoms with Crippen molar-refractivity contribution >= 4 is 11.7 Å². The molecule has 1 unspecified atom stereocenters. The monoisotopic (exact) mass is 395 g/mol. The molecule has 1 saturated heterocycles. The average Bonchev–Trinajstić information content (AvgIpc) is 3.39. The van der Waals surface area contributed by atoms with Crippen LogP contribution in [-0.4, -0.2) is 35.0 Å². The summed E-state index contributed by atoms with van der Waals surface area (Å²) < 4.78 is 26.2. The molecule has 1 atom stereocenters. The molecule has 4 rings (SSSR count). The standard InChI is InChI=1S/C22H22FN3O3/c23-18-4-1-3-16(13-18)14-26-11-10-21(25-26)24-22(27)17-6-8-19(9-7-17)29-15-20-5-2-12-28-20/h1,3-4,6-11,13,20H,2,5,12,14-15H2,(H,24,25,27). The second-order valence-corrected chi connectivity index (χ2v) is 6.95. The highest BCUT2D eigenvalue weighted by atomic mass is 19.1. The molecule has 1 aliphatic rings. The fraction of sp³-hybridized carbons (Fsp3) is 0.273. The Labute approximate surface area is 168 Å². The highest BCUT2D eigenvalue weighted by molar-refractivity contribution is 6.03. The summed E-state index contributed by atoms with van der Waals surface area (Å²) in [6.07, 6.45) is 3.99. The van der Waals surface area contributed by atoms with Crippen molar-refractivity contribution in [3.05, 3.63) is 77.7 Å². The third-order valence-electron chi connectivity index (χ3n) is 4.69. The first kappa shape index (κ1) is 19.1. The van der Waals surface area contributed by atoms with E-state index in [1.165, 1.54) is 12.1 Å². The quantitative estimate of drug-likeness (QED) is 0.659. The summed E-state index contributed by atoms with van der Waals surface area (Å²) in [4.78, 5) is 12.4. The Morgan fingerprint density at radius 3 is 2.86 bits per heavy atom. The lowest BCUT2D eigenvalue weighted by Crippen LogP contribution is -2.16. The number of carbonyl (C=O) groups excluding carboxylic acids is 1. The molecule has 0 bridgehead atoms. The van der Waals surface area contributed by atoms with Crippen molar-refractivity contribution in [2.75, 3.05) is 18.5 Å². The van der Waals surface area contributed by atoms with Crippen molar-refractivity contribution in [1.82, 2.24) is 9.78 Å². The fourth-order valence-electron chi connectivity index (χ4n) is 3.19. The molecule has 2 heterocycles. The Kier molecular flexibility index (Phi) is 5.86. The van der Waals surface area contributed by atoms with Gasteiger partial charge in [0.2, 0.25) is 0 Å². The molecule has 1 amide bonds. The van der Waals surface area contributed by atoms with Gasteiger partial charge in [0.25, 0.3) is 5.91 Å². The van der Waals surface area contributed by atoms with Gasteiger partial charge in [-0.05, 0) is 54.8 Å². The van der Waals surface area contributed by atoms with Gasteiger partial charge < -0.3 is 14.8 Å². The zero-order valence-corrected chi connectivity index (χ0v) is 15.9. The summed E-state index contributed by atoms with van der Waals surface area (Å²) in [5.74, 6) is 0.597. The lowest BCUT2D eigenvalue weighted by molar-refractivity contribution is 0.0679. The molecule has 0 spiro atoms. The Morgan fingerprint density at radius 1 is 1.24 bits per heavy atom. The van der Waals surface area contributed by atoms with E-state index in [-0.39, 0.29) is 17.8 Å². The maximum Gasteiger partial charge on any atom is 0.256 e. The first-order chi connectivity index (χ1) is 14.2. The second-order valence-electron chi connectivity index (χ2n) is 6.95. The van der Waals surface area contributed by atoms with E-state index in [0.29, 0.717) is 30.3 Å². The number of aromatic nitrogens is 2. The van der Waals surface area contributed by atoms with Gasteiger partial charge in [-0.15, -0.1) is 0 Å². The number of anilines is 1. The number of ether oxygens (including phenoxy) is 2. The van der Waals surface area contributed by atoms with Gasteiger partial charge in [-0.1, -0.05) is 12.1 Å². The SMILES string of the molecule is O=C(Nc1ccn(Cc2cccc(F)c2)n1)c1ccc(OCC2CCCO2)cc1. The van der Waals surface area contributed by atoms with E-state index in [0.717, 1.165) is 25.0 Å². The maximum atomic E-state index is 13.3. The predicted molar refractivity (Wildman–Crippen MR) is 107 cm³/mol. The molecule has 0 radical (unpaired) electrons. The van der Waals surface area contributed by atoms with Crippen LogP contribution in [0.2, 0.25) is 0 Å². The van der Waals surface area contributed by atoms with Crippen molar-refractivity contribution in [3.8, 4) is 5.75 Å². The van der Waals surface area contributed by atoms with Crippen LogP contribution in [0.3, 0.4) is 0 Å². The predicted octanol–water partition coefficient (Wildman–Crippen LogP) is 3.88. The largest absolute Gasteiger partial charge is 0.491 e. The highest BCUT2D eigenvalue weighted by Crippen LogP contribution is 2.17. The molecule has 1 N–H and O–H groups in total. The number of hydrogen-bond donors (Lipinski definition) is 1. The van der Waals surface area contributed by atoms with Gasteiger partial charge in [0.1, 0.15) is 18.2 Å². The number of rotatable bonds is 7. The number of nitrogens with zero attached hydrogens (tertiary/aromatic N) is 2. The zero-order valence-electron chi connectivity index (χ0n) is 15.9. The minimum absolute atomic E-state index is 0.153. The normalized spacial score (nSPS) is 16.0. The third kappa shape index (κ3) is 5.20. The van der Waals surface area contributed by atoms with Crippen molar-refractivity contribution in [2.24, 2.45) is 0 Å². The summed E-state index contributed by atoms with van der Waals surface area (Å²) in [6.45, 7) is 1.74. The van der Waals surface area contributed by atoms with Gasteiger partial charge in [0.05, 0.1) is 12.6 Å². The summed E-state index contributed by atoms with van der Waals surface area (Å²) in [6, 6.07) is 15.0. The van der Waals surface area contributed by atoms with E-state index < -0.39 is 0 Å². The van der Waals surface area contributed by atoms with Gasteiger partial charge in [0.15, 0.2) is 5.82 Å². The molecule has 7 heteroatoms. The maximum absolute atomic E-state index is 13.3. The molecule has 0 saturated carbocycles. The Balaban J connectivity index is 1.31. The number of nitrogens with one attached hydrogen (secondary N) is 1. The van der Waals surface area contributed by atoms with E-state index in [1.54, 1.807) is 47.3 Å². The average molecular weight is 395 g/mol. The molecular formula is C22H22FN3O3. The van der Waals surface area contributed by atoms with Crippen LogP contribution in [-0.2, 0) is 11.3 Å². The van der Waals surface area contributed by atoms with Crippen LogP contribution in [0.5, 0.6) is 5.75 Å². The van der Waals surface area contributed by atoms with Gasteiger partial charge in [-0.2, -0.15) is 5.10 Å². The second kappa shape index (κ2) is 8.87. The summed E-state index contributed by atoms with van der Waals surface area (Å²) >= 11 is 0. The molecule has 6 nitrogen and oxygen atoms in total. The molecule has 1 aliphatic heterocycles. The Bertz CT molecular complexity index is 965. The summed E-state index contributed by atoms with van der Waals surface area (Å²) in [7, 11) is 0. The first-order valence-electron chi connectivity index (χ1n) is 9.59. The van der Waals surface area contributed by atoms with Gasteiger partial charge >= 0.3 is 0 Å². The minimum atomic E-state index is -0.286. The number of halogens is 1. The Hall–Kier alpha value is -3.19. The first-order valence-corrected chi connectivity index (χ1v) is 9.59.